The molecule has 0 bridgehead atoms. The van der Waals surface area contributed by atoms with E-state index in [0.717, 1.165) is 16.5 Å². The van der Waals surface area contributed by atoms with Gasteiger partial charge in [0, 0.05) is 27.1 Å². The SMILES string of the molecule is COc1ccc(/C=N\NC(=O)c2[nH]c3ccc(Cl)cc3c2-c2ccccc2)c(C(=O)O)c1OC. The molecule has 0 radical (unpaired) electrons. The smallest absolute Gasteiger partial charge is 0.340 e. The van der Waals surface area contributed by atoms with E-state index >= 15 is 0 Å². The Bertz CT molecular complexity index is 1410. The van der Waals surface area contributed by atoms with Crippen molar-refractivity contribution in [2.75, 3.05) is 14.2 Å². The third-order valence-electron chi connectivity index (χ3n) is 5.21. The second kappa shape index (κ2) is 9.68. The summed E-state index contributed by atoms with van der Waals surface area (Å²) < 4.78 is 10.4. The molecule has 4 rings (SSSR count). The van der Waals surface area contributed by atoms with Crippen molar-refractivity contribution in [3.05, 3.63) is 82.5 Å². The number of hydrogen-bond acceptors (Lipinski definition) is 5. The number of carbonyl (C=O) groups excluding carboxylic acids is 1. The van der Waals surface area contributed by atoms with Gasteiger partial charge in [-0.15, -0.1) is 0 Å². The first-order chi connectivity index (χ1) is 16.4. The lowest BCUT2D eigenvalue weighted by Gasteiger charge is -2.12. The van der Waals surface area contributed by atoms with E-state index in [0.29, 0.717) is 16.3 Å². The molecule has 1 aromatic heterocycles. The molecule has 3 N–H and O–H groups in total. The number of carboxylic acid groups (broad SMARTS) is 1. The van der Waals surface area contributed by atoms with E-state index in [2.05, 4.69) is 15.5 Å². The van der Waals surface area contributed by atoms with Crippen molar-refractivity contribution >= 4 is 40.6 Å². The van der Waals surface area contributed by atoms with Crippen molar-refractivity contribution in [1.82, 2.24) is 10.4 Å². The van der Waals surface area contributed by atoms with Crippen LogP contribution in [0.25, 0.3) is 22.0 Å². The largest absolute Gasteiger partial charge is 0.493 e. The van der Waals surface area contributed by atoms with Gasteiger partial charge in [0.25, 0.3) is 5.91 Å². The molecule has 0 aliphatic heterocycles. The number of aromatic nitrogens is 1. The number of hydrazone groups is 1. The van der Waals surface area contributed by atoms with Gasteiger partial charge in [0.15, 0.2) is 11.5 Å². The number of fused-ring (bicyclic) bond motifs is 1. The average Bonchev–Trinajstić information content (AvgIpc) is 3.22. The fourth-order valence-corrected chi connectivity index (χ4v) is 3.90. The molecule has 0 fully saturated rings. The Morgan fingerprint density at radius 3 is 2.50 bits per heavy atom. The molecule has 0 saturated heterocycles. The number of amides is 1. The van der Waals surface area contributed by atoms with Crippen molar-refractivity contribution in [1.29, 1.82) is 0 Å². The molecule has 0 aliphatic rings. The van der Waals surface area contributed by atoms with Crippen LogP contribution < -0.4 is 14.9 Å². The monoisotopic (exact) mass is 477 g/mol. The Hall–Kier alpha value is -4.30. The Kier molecular flexibility index (Phi) is 6.51. The Morgan fingerprint density at radius 1 is 1.06 bits per heavy atom. The van der Waals surface area contributed by atoms with Gasteiger partial charge in [-0.25, -0.2) is 10.2 Å². The molecule has 4 aromatic rings. The van der Waals surface area contributed by atoms with Gasteiger partial charge in [0.2, 0.25) is 0 Å². The first-order valence-corrected chi connectivity index (χ1v) is 10.5. The summed E-state index contributed by atoms with van der Waals surface area (Å²) in [5.41, 5.74) is 5.12. The molecule has 3 aromatic carbocycles. The van der Waals surface area contributed by atoms with Crippen LogP contribution in [0.1, 0.15) is 26.4 Å². The number of rotatable bonds is 7. The molecular weight excluding hydrogens is 458 g/mol. The van der Waals surface area contributed by atoms with Gasteiger partial charge in [-0.3, -0.25) is 4.79 Å². The average molecular weight is 478 g/mol. The van der Waals surface area contributed by atoms with Crippen molar-refractivity contribution < 1.29 is 24.2 Å². The fourth-order valence-electron chi connectivity index (χ4n) is 3.73. The molecule has 0 spiro atoms. The molecule has 1 amide bonds. The van der Waals surface area contributed by atoms with Gasteiger partial charge in [-0.2, -0.15) is 5.10 Å². The third kappa shape index (κ3) is 4.31. The summed E-state index contributed by atoms with van der Waals surface area (Å²) in [5, 5.41) is 15.0. The molecule has 172 valence electrons. The van der Waals surface area contributed by atoms with Gasteiger partial charge in [0.05, 0.1) is 20.4 Å². The zero-order chi connectivity index (χ0) is 24.2. The van der Waals surface area contributed by atoms with Gasteiger partial charge < -0.3 is 19.6 Å². The second-order valence-corrected chi connectivity index (χ2v) is 7.64. The summed E-state index contributed by atoms with van der Waals surface area (Å²) in [6.45, 7) is 0. The molecule has 8 nitrogen and oxygen atoms in total. The van der Waals surface area contributed by atoms with Crippen molar-refractivity contribution in [3.8, 4) is 22.6 Å². The summed E-state index contributed by atoms with van der Waals surface area (Å²) in [5.74, 6) is -1.39. The number of carboxylic acids is 1. The number of carbonyl (C=O) groups is 2. The van der Waals surface area contributed by atoms with Crippen LogP contribution >= 0.6 is 11.6 Å². The quantitative estimate of drug-likeness (QED) is 0.257. The van der Waals surface area contributed by atoms with E-state index in [-0.39, 0.29) is 22.6 Å². The summed E-state index contributed by atoms with van der Waals surface area (Å²) in [7, 11) is 2.76. The molecule has 0 saturated carbocycles. The van der Waals surface area contributed by atoms with Crippen molar-refractivity contribution in [2.45, 2.75) is 0 Å². The Morgan fingerprint density at radius 2 is 1.82 bits per heavy atom. The lowest BCUT2D eigenvalue weighted by molar-refractivity contribution is 0.0692. The topological polar surface area (TPSA) is 113 Å². The number of hydrogen-bond donors (Lipinski definition) is 3. The number of benzene rings is 3. The van der Waals surface area contributed by atoms with Crippen molar-refractivity contribution in [2.24, 2.45) is 5.10 Å². The van der Waals surface area contributed by atoms with Crippen LogP contribution in [0.4, 0.5) is 0 Å². The van der Waals surface area contributed by atoms with Crippen LogP contribution in [0.2, 0.25) is 5.02 Å². The maximum Gasteiger partial charge on any atom is 0.340 e. The van der Waals surface area contributed by atoms with Crippen LogP contribution in [0.15, 0.2) is 65.8 Å². The number of ether oxygens (including phenoxy) is 2. The molecule has 1 heterocycles. The van der Waals surface area contributed by atoms with E-state index in [1.165, 1.54) is 26.5 Å². The number of H-pyrrole nitrogens is 1. The van der Waals surface area contributed by atoms with Crippen LogP contribution in [0.5, 0.6) is 11.5 Å². The maximum absolute atomic E-state index is 13.1. The summed E-state index contributed by atoms with van der Waals surface area (Å²) in [4.78, 5) is 28.0. The first kappa shape index (κ1) is 22.9. The van der Waals surface area contributed by atoms with E-state index in [4.69, 9.17) is 21.1 Å². The number of nitrogens with one attached hydrogen (secondary N) is 2. The summed E-state index contributed by atoms with van der Waals surface area (Å²) in [6, 6.07) is 17.8. The van der Waals surface area contributed by atoms with E-state index in [1.54, 1.807) is 24.3 Å². The number of halogens is 1. The lowest BCUT2D eigenvalue weighted by Crippen LogP contribution is -2.19. The number of aromatic amines is 1. The first-order valence-electron chi connectivity index (χ1n) is 10.1. The fraction of sp³-hybridized carbons (Fsp3) is 0.0800. The lowest BCUT2D eigenvalue weighted by atomic mass is 10.0. The highest BCUT2D eigenvalue weighted by Crippen LogP contribution is 2.34. The molecule has 0 atom stereocenters. The Balaban J connectivity index is 1.70. The highest BCUT2D eigenvalue weighted by atomic mass is 35.5. The predicted molar refractivity (Wildman–Crippen MR) is 130 cm³/mol. The normalized spacial score (nSPS) is 11.0. The van der Waals surface area contributed by atoms with Crippen LogP contribution in [0.3, 0.4) is 0 Å². The second-order valence-electron chi connectivity index (χ2n) is 7.20. The van der Waals surface area contributed by atoms with Gasteiger partial charge >= 0.3 is 5.97 Å². The van der Waals surface area contributed by atoms with Crippen LogP contribution in [-0.2, 0) is 0 Å². The zero-order valence-corrected chi connectivity index (χ0v) is 19.0. The molecule has 0 unspecified atom stereocenters. The minimum atomic E-state index is -1.22. The highest BCUT2D eigenvalue weighted by Gasteiger charge is 2.21. The number of methoxy groups -OCH3 is 2. The zero-order valence-electron chi connectivity index (χ0n) is 18.3. The molecule has 9 heteroatoms. The van der Waals surface area contributed by atoms with E-state index in [1.807, 2.05) is 30.3 Å². The Labute approximate surface area is 199 Å². The van der Waals surface area contributed by atoms with E-state index < -0.39 is 11.9 Å². The van der Waals surface area contributed by atoms with Crippen LogP contribution in [0, 0.1) is 0 Å². The minimum Gasteiger partial charge on any atom is -0.493 e. The van der Waals surface area contributed by atoms with Gasteiger partial charge in [-0.1, -0.05) is 41.9 Å². The number of nitrogens with zero attached hydrogens (tertiary/aromatic N) is 1. The van der Waals surface area contributed by atoms with Gasteiger partial charge in [0.1, 0.15) is 11.3 Å². The standard InChI is InChI=1S/C25H20ClN3O5/c1-33-19-11-8-15(21(25(31)32)23(19)34-2)13-27-29-24(30)22-20(14-6-4-3-5-7-14)17-12-16(26)9-10-18(17)28-22/h3-13,28H,1-2H3,(H,29,30)(H,31,32)/b27-13-. The summed E-state index contributed by atoms with van der Waals surface area (Å²) in [6.07, 6.45) is 1.24. The van der Waals surface area contributed by atoms with Gasteiger partial charge in [-0.05, 0) is 35.9 Å². The van der Waals surface area contributed by atoms with Crippen LogP contribution in [-0.4, -0.2) is 42.4 Å². The molecule has 34 heavy (non-hydrogen) atoms. The third-order valence-corrected chi connectivity index (χ3v) is 5.45. The molecular formula is C25H20ClN3O5. The highest BCUT2D eigenvalue weighted by molar-refractivity contribution is 6.31. The minimum absolute atomic E-state index is 0.0594. The maximum atomic E-state index is 13.1. The predicted octanol–water partition coefficient (Wildman–Crippen LogP) is 4.97. The molecule has 0 aliphatic carbocycles. The van der Waals surface area contributed by atoms with E-state index in [9.17, 15) is 14.7 Å². The number of aromatic carboxylic acids is 1. The van der Waals surface area contributed by atoms with Crippen molar-refractivity contribution in [3.63, 3.8) is 0 Å². The summed E-state index contributed by atoms with van der Waals surface area (Å²) >= 11 is 6.20.